The summed E-state index contributed by atoms with van der Waals surface area (Å²) in [7, 11) is 0. The molecule has 0 aliphatic carbocycles. The van der Waals surface area contributed by atoms with Gasteiger partial charge in [-0.3, -0.25) is 4.90 Å². The van der Waals surface area contributed by atoms with Crippen LogP contribution in [-0.2, 0) is 6.54 Å². The Morgan fingerprint density at radius 2 is 2.27 bits per heavy atom. The quantitative estimate of drug-likeness (QED) is 0.890. The van der Waals surface area contributed by atoms with Crippen LogP contribution in [0, 0.1) is 0 Å². The Kier molecular flexibility index (Phi) is 3.03. The molecule has 0 fully saturated rings. The fraction of sp³-hybridized carbons (Fsp3) is 0.100. The standard InChI is InChI=1S/C10H9NO2S2/c12-10(13)11(9-2-1-4-15-9)6-8-3-5-14-7-8/h1-5,7H,6H2,(H,12,13). The Morgan fingerprint density at radius 3 is 2.80 bits per heavy atom. The van der Waals surface area contributed by atoms with E-state index in [0.29, 0.717) is 6.54 Å². The number of anilines is 1. The zero-order valence-electron chi connectivity index (χ0n) is 7.79. The van der Waals surface area contributed by atoms with Gasteiger partial charge < -0.3 is 5.11 Å². The minimum Gasteiger partial charge on any atom is -0.465 e. The molecule has 5 heteroatoms. The summed E-state index contributed by atoms with van der Waals surface area (Å²) in [5.41, 5.74) is 1.02. The number of carbonyl (C=O) groups is 1. The highest BCUT2D eigenvalue weighted by Gasteiger charge is 2.15. The molecule has 2 rings (SSSR count). The summed E-state index contributed by atoms with van der Waals surface area (Å²) in [6, 6.07) is 5.60. The summed E-state index contributed by atoms with van der Waals surface area (Å²) < 4.78 is 0. The lowest BCUT2D eigenvalue weighted by molar-refractivity contribution is 0.201. The summed E-state index contributed by atoms with van der Waals surface area (Å²) >= 11 is 3.00. The smallest absolute Gasteiger partial charge is 0.412 e. The number of nitrogens with zero attached hydrogens (tertiary/aromatic N) is 1. The zero-order chi connectivity index (χ0) is 10.7. The van der Waals surface area contributed by atoms with E-state index in [9.17, 15) is 4.79 Å². The third kappa shape index (κ3) is 2.37. The Hall–Kier alpha value is -1.33. The summed E-state index contributed by atoms with van der Waals surface area (Å²) in [6.45, 7) is 0.416. The van der Waals surface area contributed by atoms with E-state index in [2.05, 4.69) is 0 Å². The minimum absolute atomic E-state index is 0.416. The number of thiophene rings is 2. The van der Waals surface area contributed by atoms with Gasteiger partial charge in [-0.1, -0.05) is 0 Å². The van der Waals surface area contributed by atoms with Crippen molar-refractivity contribution in [1.29, 1.82) is 0 Å². The minimum atomic E-state index is -0.913. The van der Waals surface area contributed by atoms with E-state index >= 15 is 0 Å². The largest absolute Gasteiger partial charge is 0.465 e. The van der Waals surface area contributed by atoms with Crippen molar-refractivity contribution >= 4 is 33.8 Å². The maximum absolute atomic E-state index is 11.1. The van der Waals surface area contributed by atoms with E-state index in [1.807, 2.05) is 34.3 Å². The third-order valence-electron chi connectivity index (χ3n) is 1.92. The number of hydrogen-bond acceptors (Lipinski definition) is 3. The fourth-order valence-electron chi connectivity index (χ4n) is 1.23. The molecule has 2 heterocycles. The van der Waals surface area contributed by atoms with Crippen LogP contribution in [0.15, 0.2) is 34.3 Å². The van der Waals surface area contributed by atoms with Crippen molar-refractivity contribution in [3.8, 4) is 0 Å². The van der Waals surface area contributed by atoms with Crippen LogP contribution in [0.5, 0.6) is 0 Å². The summed E-state index contributed by atoms with van der Waals surface area (Å²) in [5.74, 6) is 0. The average molecular weight is 239 g/mol. The van der Waals surface area contributed by atoms with Crippen LogP contribution in [0.4, 0.5) is 9.80 Å². The van der Waals surface area contributed by atoms with Crippen LogP contribution in [0.1, 0.15) is 5.56 Å². The second-order valence-electron chi connectivity index (χ2n) is 2.95. The molecule has 0 atom stereocenters. The average Bonchev–Trinajstić information content (AvgIpc) is 2.87. The van der Waals surface area contributed by atoms with Gasteiger partial charge in [0.05, 0.1) is 6.54 Å². The van der Waals surface area contributed by atoms with Gasteiger partial charge in [-0.2, -0.15) is 11.3 Å². The first-order valence-corrected chi connectivity index (χ1v) is 6.14. The van der Waals surface area contributed by atoms with E-state index in [0.717, 1.165) is 10.6 Å². The second kappa shape index (κ2) is 4.46. The van der Waals surface area contributed by atoms with Gasteiger partial charge >= 0.3 is 6.09 Å². The first-order valence-electron chi connectivity index (χ1n) is 4.32. The predicted molar refractivity (Wildman–Crippen MR) is 62.8 cm³/mol. The van der Waals surface area contributed by atoms with Crippen LogP contribution in [0.3, 0.4) is 0 Å². The zero-order valence-corrected chi connectivity index (χ0v) is 9.42. The number of carboxylic acid groups (broad SMARTS) is 1. The monoisotopic (exact) mass is 239 g/mol. The molecule has 1 N–H and O–H groups in total. The van der Waals surface area contributed by atoms with Gasteiger partial charge in [-0.25, -0.2) is 4.79 Å². The number of amides is 1. The molecule has 1 amide bonds. The van der Waals surface area contributed by atoms with E-state index in [1.54, 1.807) is 11.3 Å². The first kappa shape index (κ1) is 10.2. The van der Waals surface area contributed by atoms with Crippen molar-refractivity contribution < 1.29 is 9.90 Å². The molecule has 0 aliphatic heterocycles. The summed E-state index contributed by atoms with van der Waals surface area (Å²) in [4.78, 5) is 12.4. The number of rotatable bonds is 3. The highest BCUT2D eigenvalue weighted by Crippen LogP contribution is 2.23. The van der Waals surface area contributed by atoms with Crippen LogP contribution < -0.4 is 4.90 Å². The fourth-order valence-corrected chi connectivity index (χ4v) is 2.61. The lowest BCUT2D eigenvalue weighted by atomic mass is 10.3. The van der Waals surface area contributed by atoms with Crippen molar-refractivity contribution in [2.24, 2.45) is 0 Å². The summed E-state index contributed by atoms with van der Waals surface area (Å²) in [5, 5.41) is 15.6. The van der Waals surface area contributed by atoms with Crippen molar-refractivity contribution in [2.75, 3.05) is 4.90 Å². The first-order chi connectivity index (χ1) is 7.27. The molecule has 15 heavy (non-hydrogen) atoms. The molecule has 0 radical (unpaired) electrons. The molecule has 0 unspecified atom stereocenters. The Bertz CT molecular complexity index is 422. The van der Waals surface area contributed by atoms with E-state index in [-0.39, 0.29) is 0 Å². The maximum Gasteiger partial charge on any atom is 0.412 e. The third-order valence-corrected chi connectivity index (χ3v) is 3.55. The molecule has 0 aromatic carbocycles. The van der Waals surface area contributed by atoms with Crippen LogP contribution in [-0.4, -0.2) is 11.2 Å². The van der Waals surface area contributed by atoms with Gasteiger partial charge in [0.2, 0.25) is 0 Å². The van der Waals surface area contributed by atoms with Gasteiger partial charge in [0, 0.05) is 0 Å². The highest BCUT2D eigenvalue weighted by atomic mass is 32.1. The van der Waals surface area contributed by atoms with Gasteiger partial charge in [0.15, 0.2) is 0 Å². The topological polar surface area (TPSA) is 40.5 Å². The number of hydrogen-bond donors (Lipinski definition) is 1. The highest BCUT2D eigenvalue weighted by molar-refractivity contribution is 7.14. The van der Waals surface area contributed by atoms with Gasteiger partial charge in [0.25, 0.3) is 0 Å². The molecule has 78 valence electrons. The van der Waals surface area contributed by atoms with Crippen molar-refractivity contribution in [3.63, 3.8) is 0 Å². The SMILES string of the molecule is O=C(O)N(Cc1ccsc1)c1cccs1. The maximum atomic E-state index is 11.1. The van der Waals surface area contributed by atoms with Gasteiger partial charge in [0.1, 0.15) is 5.00 Å². The van der Waals surface area contributed by atoms with Crippen molar-refractivity contribution in [3.05, 3.63) is 39.9 Å². The molecular formula is C10H9NO2S2. The Morgan fingerprint density at radius 1 is 1.40 bits per heavy atom. The van der Waals surface area contributed by atoms with Gasteiger partial charge in [-0.05, 0) is 39.9 Å². The molecule has 0 aliphatic rings. The van der Waals surface area contributed by atoms with Crippen LogP contribution >= 0.6 is 22.7 Å². The molecular weight excluding hydrogens is 230 g/mol. The molecule has 0 saturated carbocycles. The van der Waals surface area contributed by atoms with Crippen LogP contribution in [0.2, 0.25) is 0 Å². The summed E-state index contributed by atoms with van der Waals surface area (Å²) in [6.07, 6.45) is -0.913. The molecule has 0 saturated heterocycles. The molecule has 2 aromatic rings. The molecule has 3 nitrogen and oxygen atoms in total. The lowest BCUT2D eigenvalue weighted by Gasteiger charge is -2.16. The predicted octanol–water partition coefficient (Wildman–Crippen LogP) is 3.49. The van der Waals surface area contributed by atoms with Crippen molar-refractivity contribution in [2.45, 2.75) is 6.54 Å². The van der Waals surface area contributed by atoms with Crippen LogP contribution in [0.25, 0.3) is 0 Å². The van der Waals surface area contributed by atoms with Gasteiger partial charge in [-0.15, -0.1) is 11.3 Å². The normalized spacial score (nSPS) is 10.1. The Balaban J connectivity index is 2.18. The second-order valence-corrected chi connectivity index (χ2v) is 4.66. The lowest BCUT2D eigenvalue weighted by Crippen LogP contribution is -2.27. The molecule has 2 aromatic heterocycles. The van der Waals surface area contributed by atoms with Crippen molar-refractivity contribution in [1.82, 2.24) is 0 Å². The Labute approximate surface area is 95.2 Å². The molecule has 0 bridgehead atoms. The van der Waals surface area contributed by atoms with E-state index in [1.165, 1.54) is 16.2 Å². The molecule has 0 spiro atoms. The van der Waals surface area contributed by atoms with E-state index in [4.69, 9.17) is 5.11 Å². The van der Waals surface area contributed by atoms with E-state index < -0.39 is 6.09 Å².